The van der Waals surface area contributed by atoms with Gasteiger partial charge in [-0.05, 0) is 25.2 Å². The first-order valence-electron chi connectivity index (χ1n) is 7.20. The first-order chi connectivity index (χ1) is 11.0. The van der Waals surface area contributed by atoms with Crippen LogP contribution in [0.15, 0.2) is 52.0 Å². The Morgan fingerprint density at radius 2 is 1.91 bits per heavy atom. The fraction of sp³-hybridized carbons (Fsp3) is 0.312. The lowest BCUT2D eigenvalue weighted by Gasteiger charge is -2.16. The number of benzene rings is 1. The number of nitrogens with zero attached hydrogens (tertiary/aromatic N) is 1. The van der Waals surface area contributed by atoms with Gasteiger partial charge in [-0.15, -0.1) is 0 Å². The van der Waals surface area contributed by atoms with Crippen molar-refractivity contribution in [2.75, 3.05) is 27.2 Å². The molecule has 7 heteroatoms. The summed E-state index contributed by atoms with van der Waals surface area (Å²) >= 11 is 0. The molecular formula is C16H20N2O4S. The highest BCUT2D eigenvalue weighted by Crippen LogP contribution is 2.20. The molecule has 0 aliphatic heterocycles. The third-order valence-corrected chi connectivity index (χ3v) is 5.11. The van der Waals surface area contributed by atoms with E-state index in [1.807, 2.05) is 0 Å². The predicted molar refractivity (Wildman–Crippen MR) is 86.9 cm³/mol. The van der Waals surface area contributed by atoms with Gasteiger partial charge in [0.2, 0.25) is 0 Å². The molecule has 1 amide bonds. The Labute approximate surface area is 136 Å². The zero-order valence-electron chi connectivity index (χ0n) is 13.2. The Morgan fingerprint density at radius 3 is 2.57 bits per heavy atom. The minimum Gasteiger partial charge on any atom is -0.459 e. The zero-order valence-corrected chi connectivity index (χ0v) is 14.0. The maximum Gasteiger partial charge on any atom is 0.289 e. The largest absolute Gasteiger partial charge is 0.459 e. The first-order valence-corrected chi connectivity index (χ1v) is 8.85. The molecule has 1 heterocycles. The number of rotatable bonds is 7. The molecule has 0 bridgehead atoms. The van der Waals surface area contributed by atoms with E-state index in [2.05, 4.69) is 5.32 Å². The highest BCUT2D eigenvalue weighted by molar-refractivity contribution is 7.90. The Kier molecular flexibility index (Phi) is 5.57. The van der Waals surface area contributed by atoms with Gasteiger partial charge in [-0.25, -0.2) is 8.42 Å². The molecule has 0 aliphatic carbocycles. The van der Waals surface area contributed by atoms with E-state index in [4.69, 9.17) is 4.42 Å². The Morgan fingerprint density at radius 1 is 1.22 bits per heavy atom. The van der Waals surface area contributed by atoms with Crippen LogP contribution in [0.4, 0.5) is 0 Å². The summed E-state index contributed by atoms with van der Waals surface area (Å²) in [5.74, 6) is -0.527. The van der Waals surface area contributed by atoms with Crippen molar-refractivity contribution in [2.45, 2.75) is 10.6 Å². The molecule has 0 unspecified atom stereocenters. The van der Waals surface area contributed by atoms with Crippen LogP contribution >= 0.6 is 0 Å². The third-order valence-electron chi connectivity index (χ3n) is 3.43. The number of carbonyl (C=O) groups is 1. The molecule has 23 heavy (non-hydrogen) atoms. The number of likely N-dealkylation sites (N-methyl/N-ethyl adjacent to an activating group) is 2. The molecule has 1 aromatic carbocycles. The van der Waals surface area contributed by atoms with Gasteiger partial charge < -0.3 is 14.6 Å². The molecule has 0 saturated carbocycles. The van der Waals surface area contributed by atoms with Crippen LogP contribution < -0.4 is 5.32 Å². The summed E-state index contributed by atoms with van der Waals surface area (Å²) in [4.78, 5) is 14.1. The molecule has 2 aromatic rings. The second-order valence-electron chi connectivity index (χ2n) is 5.18. The van der Waals surface area contributed by atoms with E-state index in [0.717, 1.165) is 0 Å². The smallest absolute Gasteiger partial charge is 0.289 e. The second kappa shape index (κ2) is 7.43. The van der Waals surface area contributed by atoms with Crippen molar-refractivity contribution in [1.82, 2.24) is 10.2 Å². The maximum absolute atomic E-state index is 12.4. The van der Waals surface area contributed by atoms with Crippen LogP contribution in [0.2, 0.25) is 0 Å². The SMILES string of the molecule is CNCCN(C)C(=O)c1occc1CS(=O)(=O)c1ccccc1. The van der Waals surface area contributed by atoms with Crippen LogP contribution in [0.5, 0.6) is 0 Å². The van der Waals surface area contributed by atoms with Gasteiger partial charge in [-0.1, -0.05) is 18.2 Å². The van der Waals surface area contributed by atoms with E-state index in [0.29, 0.717) is 18.7 Å². The molecule has 0 atom stereocenters. The van der Waals surface area contributed by atoms with Crippen molar-refractivity contribution in [3.8, 4) is 0 Å². The fourth-order valence-electron chi connectivity index (χ4n) is 2.11. The fourth-order valence-corrected chi connectivity index (χ4v) is 3.48. The third kappa shape index (κ3) is 4.20. The van der Waals surface area contributed by atoms with Crippen molar-refractivity contribution in [3.63, 3.8) is 0 Å². The van der Waals surface area contributed by atoms with Crippen molar-refractivity contribution in [3.05, 3.63) is 54.0 Å². The lowest BCUT2D eigenvalue weighted by molar-refractivity contribution is 0.0764. The van der Waals surface area contributed by atoms with Crippen LogP contribution in [-0.4, -0.2) is 46.4 Å². The zero-order chi connectivity index (χ0) is 16.9. The molecule has 124 valence electrons. The lowest BCUT2D eigenvalue weighted by atomic mass is 10.2. The van der Waals surface area contributed by atoms with E-state index in [9.17, 15) is 13.2 Å². The standard InChI is InChI=1S/C16H20N2O4S/c1-17-9-10-18(2)16(19)15-13(8-11-22-15)12-23(20,21)14-6-4-3-5-7-14/h3-8,11,17H,9-10,12H2,1-2H3. The van der Waals surface area contributed by atoms with Gasteiger partial charge in [0.25, 0.3) is 5.91 Å². The number of furan rings is 1. The summed E-state index contributed by atoms with van der Waals surface area (Å²) in [7, 11) is -0.0798. The average Bonchev–Trinajstić information content (AvgIpc) is 3.00. The number of nitrogens with one attached hydrogen (secondary N) is 1. The highest BCUT2D eigenvalue weighted by atomic mass is 32.2. The number of amides is 1. The summed E-state index contributed by atoms with van der Waals surface area (Å²) in [6, 6.07) is 9.69. The number of sulfone groups is 1. The molecule has 0 fully saturated rings. The molecular weight excluding hydrogens is 316 g/mol. The van der Waals surface area contributed by atoms with Crippen molar-refractivity contribution in [1.29, 1.82) is 0 Å². The van der Waals surface area contributed by atoms with Crippen LogP contribution in [0.1, 0.15) is 16.1 Å². The van der Waals surface area contributed by atoms with Gasteiger partial charge in [0.1, 0.15) is 0 Å². The minimum atomic E-state index is -3.52. The van der Waals surface area contributed by atoms with E-state index in [-0.39, 0.29) is 22.3 Å². The van der Waals surface area contributed by atoms with E-state index < -0.39 is 9.84 Å². The second-order valence-corrected chi connectivity index (χ2v) is 7.17. The van der Waals surface area contributed by atoms with E-state index in [1.54, 1.807) is 32.3 Å². The van der Waals surface area contributed by atoms with Crippen LogP contribution in [-0.2, 0) is 15.6 Å². The maximum atomic E-state index is 12.4. The molecule has 2 rings (SSSR count). The molecule has 6 nitrogen and oxygen atoms in total. The molecule has 0 spiro atoms. The van der Waals surface area contributed by atoms with Crippen LogP contribution in [0, 0.1) is 0 Å². The topological polar surface area (TPSA) is 79.6 Å². The van der Waals surface area contributed by atoms with Crippen LogP contribution in [0.25, 0.3) is 0 Å². The monoisotopic (exact) mass is 336 g/mol. The molecule has 1 aromatic heterocycles. The van der Waals surface area contributed by atoms with Gasteiger partial charge >= 0.3 is 0 Å². The molecule has 0 aliphatic rings. The van der Waals surface area contributed by atoms with E-state index >= 15 is 0 Å². The Balaban J connectivity index is 2.20. The molecule has 0 radical (unpaired) electrons. The van der Waals surface area contributed by atoms with Gasteiger partial charge in [-0.3, -0.25) is 4.79 Å². The summed E-state index contributed by atoms with van der Waals surface area (Å²) in [6.07, 6.45) is 1.34. The number of hydrogen-bond donors (Lipinski definition) is 1. The quantitative estimate of drug-likeness (QED) is 0.830. The predicted octanol–water partition coefficient (Wildman–Crippen LogP) is 1.54. The lowest BCUT2D eigenvalue weighted by Crippen LogP contribution is -2.33. The number of hydrogen-bond acceptors (Lipinski definition) is 5. The van der Waals surface area contributed by atoms with Gasteiger partial charge in [0.15, 0.2) is 15.6 Å². The Bertz CT molecular complexity index is 753. The van der Waals surface area contributed by atoms with Crippen molar-refractivity contribution >= 4 is 15.7 Å². The number of carbonyl (C=O) groups excluding carboxylic acids is 1. The van der Waals surface area contributed by atoms with Crippen molar-refractivity contribution < 1.29 is 17.6 Å². The normalized spacial score (nSPS) is 11.4. The average molecular weight is 336 g/mol. The Hall–Kier alpha value is -2.12. The van der Waals surface area contributed by atoms with Gasteiger partial charge in [0, 0.05) is 25.7 Å². The first kappa shape index (κ1) is 17.2. The molecule has 0 saturated heterocycles. The summed E-state index contributed by atoms with van der Waals surface area (Å²) in [6.45, 7) is 1.14. The van der Waals surface area contributed by atoms with Crippen LogP contribution in [0.3, 0.4) is 0 Å². The van der Waals surface area contributed by atoms with Crippen molar-refractivity contribution in [2.24, 2.45) is 0 Å². The summed E-state index contributed by atoms with van der Waals surface area (Å²) in [5, 5.41) is 2.95. The van der Waals surface area contributed by atoms with Gasteiger partial charge in [-0.2, -0.15) is 0 Å². The molecule has 1 N–H and O–H groups in total. The van der Waals surface area contributed by atoms with E-state index in [1.165, 1.54) is 29.4 Å². The summed E-state index contributed by atoms with van der Waals surface area (Å²) in [5.41, 5.74) is 0.371. The van der Waals surface area contributed by atoms with Gasteiger partial charge in [0.05, 0.1) is 16.9 Å². The summed E-state index contributed by atoms with van der Waals surface area (Å²) < 4.78 is 30.1. The highest BCUT2D eigenvalue weighted by Gasteiger charge is 2.24. The minimum absolute atomic E-state index is 0.0723.